The van der Waals surface area contributed by atoms with Crippen molar-refractivity contribution in [3.05, 3.63) is 35.4 Å². The number of hydrogen-bond donors (Lipinski definition) is 2. The molecule has 8 nitrogen and oxygen atoms in total. The van der Waals surface area contributed by atoms with Crippen molar-refractivity contribution in [1.29, 1.82) is 0 Å². The van der Waals surface area contributed by atoms with Gasteiger partial charge in [0.2, 0.25) is 5.91 Å². The molecule has 1 fully saturated rings. The van der Waals surface area contributed by atoms with Crippen LogP contribution in [-0.2, 0) is 22.6 Å². The van der Waals surface area contributed by atoms with E-state index >= 15 is 0 Å². The molecular weight excluding hydrogens is 372 g/mol. The van der Waals surface area contributed by atoms with Crippen LogP contribution in [0.15, 0.2) is 24.3 Å². The van der Waals surface area contributed by atoms with E-state index in [9.17, 15) is 14.4 Å². The number of benzene rings is 1. The Balaban J connectivity index is 2.08. The van der Waals surface area contributed by atoms with Gasteiger partial charge in [-0.25, -0.2) is 20.0 Å². The Labute approximate surface area is 172 Å². The number of carbonyl (C=O) groups excluding carboxylic acids is 3. The molecular formula is C21H32N4O4. The van der Waals surface area contributed by atoms with Crippen LogP contribution < -0.4 is 10.7 Å². The predicted molar refractivity (Wildman–Crippen MR) is 110 cm³/mol. The minimum Gasteiger partial charge on any atom is -0.443 e. The zero-order chi connectivity index (χ0) is 21.4. The number of amides is 4. The number of hydrazine groups is 1. The first kappa shape index (κ1) is 22.5. The molecule has 160 valence electrons. The largest absolute Gasteiger partial charge is 0.443 e. The fourth-order valence-electron chi connectivity index (χ4n) is 2.99. The van der Waals surface area contributed by atoms with Gasteiger partial charge in [0.25, 0.3) is 0 Å². The highest BCUT2D eigenvalue weighted by Gasteiger charge is 2.26. The third-order valence-corrected chi connectivity index (χ3v) is 4.39. The van der Waals surface area contributed by atoms with Gasteiger partial charge in [-0.1, -0.05) is 24.3 Å². The zero-order valence-electron chi connectivity index (χ0n) is 17.8. The fourth-order valence-corrected chi connectivity index (χ4v) is 2.99. The van der Waals surface area contributed by atoms with Crippen LogP contribution in [0.1, 0.15) is 58.1 Å². The molecule has 1 aliphatic rings. The van der Waals surface area contributed by atoms with Crippen molar-refractivity contribution in [3.8, 4) is 0 Å². The number of carbonyl (C=O) groups is 3. The van der Waals surface area contributed by atoms with Gasteiger partial charge in [0.15, 0.2) is 0 Å². The number of rotatable bonds is 4. The number of likely N-dealkylation sites (tertiary alicyclic amines) is 1. The first-order valence-corrected chi connectivity index (χ1v) is 10.0. The molecule has 8 heteroatoms. The Bertz CT molecular complexity index is 706. The van der Waals surface area contributed by atoms with Crippen LogP contribution in [0.2, 0.25) is 0 Å². The van der Waals surface area contributed by atoms with E-state index in [1.54, 1.807) is 25.7 Å². The molecule has 0 spiro atoms. The summed E-state index contributed by atoms with van der Waals surface area (Å²) in [5.74, 6) is -0.0889. The van der Waals surface area contributed by atoms with Gasteiger partial charge in [-0.3, -0.25) is 4.79 Å². The first-order valence-electron chi connectivity index (χ1n) is 10.0. The molecule has 0 aromatic heterocycles. The minimum atomic E-state index is -0.662. The van der Waals surface area contributed by atoms with Gasteiger partial charge in [-0.15, -0.1) is 0 Å². The Morgan fingerprint density at radius 1 is 1.03 bits per heavy atom. The monoisotopic (exact) mass is 404 g/mol. The van der Waals surface area contributed by atoms with Crippen molar-refractivity contribution >= 4 is 18.0 Å². The highest BCUT2D eigenvalue weighted by atomic mass is 16.6. The fraction of sp³-hybridized carbons (Fsp3) is 0.571. The van der Waals surface area contributed by atoms with Crippen LogP contribution in [0.25, 0.3) is 0 Å². The third kappa shape index (κ3) is 8.01. The Hall–Kier alpha value is -2.77. The topological polar surface area (TPSA) is 91.0 Å². The molecule has 1 aromatic rings. The van der Waals surface area contributed by atoms with E-state index in [4.69, 9.17) is 4.74 Å². The minimum absolute atomic E-state index is 0.0889. The van der Waals surface area contributed by atoms with Crippen molar-refractivity contribution in [2.75, 3.05) is 13.1 Å². The Morgan fingerprint density at radius 2 is 1.62 bits per heavy atom. The molecule has 4 amide bonds. The van der Waals surface area contributed by atoms with Gasteiger partial charge >= 0.3 is 12.1 Å². The number of nitrogens with one attached hydrogen (secondary N) is 2. The summed E-state index contributed by atoms with van der Waals surface area (Å²) in [4.78, 5) is 38.0. The van der Waals surface area contributed by atoms with Gasteiger partial charge in [-0.2, -0.15) is 0 Å². The molecule has 0 saturated carbocycles. The maximum atomic E-state index is 13.0. The highest BCUT2D eigenvalue weighted by molar-refractivity contribution is 5.78. The summed E-state index contributed by atoms with van der Waals surface area (Å²) >= 11 is 0. The average Bonchev–Trinajstić information content (AvgIpc) is 2.65. The second kappa shape index (κ2) is 10.1. The maximum Gasteiger partial charge on any atom is 0.426 e. The van der Waals surface area contributed by atoms with Crippen molar-refractivity contribution in [2.45, 2.75) is 65.6 Å². The van der Waals surface area contributed by atoms with E-state index in [1.807, 2.05) is 24.3 Å². The van der Waals surface area contributed by atoms with E-state index in [0.29, 0.717) is 19.6 Å². The second-order valence-corrected chi connectivity index (χ2v) is 8.26. The van der Waals surface area contributed by atoms with Crippen molar-refractivity contribution in [2.24, 2.45) is 0 Å². The summed E-state index contributed by atoms with van der Waals surface area (Å²) in [7, 11) is 0. The normalized spacial score (nSPS) is 14.1. The lowest BCUT2D eigenvalue weighted by atomic mass is 10.1. The molecule has 2 rings (SSSR count). The van der Waals surface area contributed by atoms with Crippen LogP contribution >= 0.6 is 0 Å². The van der Waals surface area contributed by atoms with Crippen molar-refractivity contribution < 1.29 is 19.1 Å². The summed E-state index contributed by atoms with van der Waals surface area (Å²) in [6, 6.07) is 7.30. The summed E-state index contributed by atoms with van der Waals surface area (Å²) in [5, 5.41) is 4.06. The summed E-state index contributed by atoms with van der Waals surface area (Å²) in [6.45, 7) is 8.82. The molecule has 0 aliphatic carbocycles. The van der Waals surface area contributed by atoms with Crippen LogP contribution in [0.3, 0.4) is 0 Å². The number of nitrogens with zero attached hydrogens (tertiary/aromatic N) is 2. The molecule has 1 aromatic carbocycles. The molecule has 1 saturated heterocycles. The lowest BCUT2D eigenvalue weighted by Crippen LogP contribution is -2.53. The van der Waals surface area contributed by atoms with E-state index in [-0.39, 0.29) is 18.5 Å². The number of piperidine rings is 1. The van der Waals surface area contributed by atoms with Gasteiger partial charge in [0, 0.05) is 26.6 Å². The molecule has 29 heavy (non-hydrogen) atoms. The van der Waals surface area contributed by atoms with E-state index < -0.39 is 11.7 Å². The lowest BCUT2D eigenvalue weighted by Gasteiger charge is -2.33. The van der Waals surface area contributed by atoms with Crippen LogP contribution in [0.5, 0.6) is 0 Å². The van der Waals surface area contributed by atoms with Crippen LogP contribution in [-0.4, -0.2) is 46.6 Å². The highest BCUT2D eigenvalue weighted by Crippen LogP contribution is 2.14. The average molecular weight is 405 g/mol. The van der Waals surface area contributed by atoms with E-state index in [1.165, 1.54) is 11.9 Å². The van der Waals surface area contributed by atoms with Gasteiger partial charge in [0.05, 0.1) is 6.54 Å². The van der Waals surface area contributed by atoms with E-state index in [0.717, 1.165) is 30.4 Å². The van der Waals surface area contributed by atoms with Crippen molar-refractivity contribution in [3.63, 3.8) is 0 Å². The quantitative estimate of drug-likeness (QED) is 0.754. The zero-order valence-corrected chi connectivity index (χ0v) is 17.8. The lowest BCUT2D eigenvalue weighted by molar-refractivity contribution is -0.119. The molecule has 2 N–H and O–H groups in total. The standard InChI is InChI=1S/C21H32N4O4/c1-16(26)22-14-17-8-10-18(11-9-17)15-25(23-19(27)29-21(2,3)4)20(28)24-12-6-5-7-13-24/h8-11H,5-7,12-15H2,1-4H3,(H,22,26)(H,23,27). The van der Waals surface area contributed by atoms with Crippen LogP contribution in [0, 0.1) is 0 Å². The Morgan fingerprint density at radius 3 is 2.17 bits per heavy atom. The number of urea groups is 1. The number of hydrogen-bond acceptors (Lipinski definition) is 4. The number of ether oxygens (including phenoxy) is 1. The smallest absolute Gasteiger partial charge is 0.426 e. The maximum absolute atomic E-state index is 13.0. The summed E-state index contributed by atoms with van der Waals surface area (Å²) < 4.78 is 5.31. The van der Waals surface area contributed by atoms with Gasteiger partial charge < -0.3 is 15.0 Å². The predicted octanol–water partition coefficient (Wildman–Crippen LogP) is 3.17. The molecule has 0 unspecified atom stereocenters. The van der Waals surface area contributed by atoms with Crippen molar-refractivity contribution in [1.82, 2.24) is 20.7 Å². The van der Waals surface area contributed by atoms with Crippen LogP contribution in [0.4, 0.5) is 9.59 Å². The molecule has 1 heterocycles. The molecule has 0 atom stereocenters. The second-order valence-electron chi connectivity index (χ2n) is 8.26. The molecule has 0 radical (unpaired) electrons. The molecule has 1 aliphatic heterocycles. The summed E-state index contributed by atoms with van der Waals surface area (Å²) in [6.07, 6.45) is 2.37. The van der Waals surface area contributed by atoms with Gasteiger partial charge in [-0.05, 0) is 51.2 Å². The molecule has 0 bridgehead atoms. The summed E-state index contributed by atoms with van der Waals surface area (Å²) in [5.41, 5.74) is 3.76. The van der Waals surface area contributed by atoms with E-state index in [2.05, 4.69) is 10.7 Å². The SMILES string of the molecule is CC(=O)NCc1ccc(CN(NC(=O)OC(C)(C)C)C(=O)N2CCCCC2)cc1. The third-order valence-electron chi connectivity index (χ3n) is 4.39. The first-order chi connectivity index (χ1) is 13.6. The Kier molecular flexibility index (Phi) is 7.87. The van der Waals surface area contributed by atoms with Gasteiger partial charge in [0.1, 0.15) is 5.60 Å².